The quantitative estimate of drug-likeness (QED) is 0.0280. The summed E-state index contributed by atoms with van der Waals surface area (Å²) in [6.07, 6.45) is 9.73. The number of ether oxygens (including phenoxy) is 2. The zero-order chi connectivity index (χ0) is 63.8. The summed E-state index contributed by atoms with van der Waals surface area (Å²) < 4.78 is 85.2. The molecular weight excluding hydrogens is 1660 g/mol. The Hall–Kier alpha value is -1.35. The third-order valence-electron chi connectivity index (χ3n) is 9.41. The summed E-state index contributed by atoms with van der Waals surface area (Å²) in [5, 5.41) is 32.9. The fraction of sp³-hybridized carbons (Fsp3) is 0.393. The normalized spacial score (nSPS) is 15.8. The Kier molecular flexibility index (Phi) is 59.7. The number of sulfone groups is 2. The fourth-order valence-electron chi connectivity index (χ4n) is 5.66. The van der Waals surface area contributed by atoms with Crippen molar-refractivity contribution in [1.29, 1.82) is 10.5 Å². The van der Waals surface area contributed by atoms with E-state index in [1.54, 1.807) is 72.8 Å². The van der Waals surface area contributed by atoms with Crippen molar-refractivity contribution in [2.45, 2.75) is 121 Å². The van der Waals surface area contributed by atoms with Crippen LogP contribution >= 0.6 is 94.1 Å². The molecule has 3 aromatic rings. The van der Waals surface area contributed by atoms with Crippen LogP contribution in [0.15, 0.2) is 166 Å². The van der Waals surface area contributed by atoms with E-state index < -0.39 is 50.2 Å². The summed E-state index contributed by atoms with van der Waals surface area (Å²) in [4.78, 5) is 17.4. The van der Waals surface area contributed by atoms with E-state index in [0.29, 0.717) is 36.7 Å². The third-order valence-corrected chi connectivity index (χ3v) is 15.5. The molecule has 4 unspecified atom stereocenters. The number of carbonyl (C=O) groups excluding carboxylic acids is 1. The number of benzene rings is 3. The molecule has 16 nitrogen and oxygen atoms in total. The second-order valence-electron chi connectivity index (χ2n) is 17.1. The molecule has 0 bridgehead atoms. The Morgan fingerprint density at radius 1 is 0.964 bits per heavy atom. The summed E-state index contributed by atoms with van der Waals surface area (Å²) in [6.45, 7) is 40.1. The number of nitrogens with zero attached hydrogens (tertiary/aromatic N) is 4. The van der Waals surface area contributed by atoms with Gasteiger partial charge in [0.2, 0.25) is 13.5 Å². The Bertz CT molecular complexity index is 2770. The predicted octanol–water partition coefficient (Wildman–Crippen LogP) is 12.1. The van der Waals surface area contributed by atoms with Crippen LogP contribution in [0.2, 0.25) is 19.6 Å². The summed E-state index contributed by atoms with van der Waals surface area (Å²) in [5.41, 5.74) is 0.861. The molecule has 3 aliphatic rings. The van der Waals surface area contributed by atoms with E-state index in [1.165, 1.54) is 30.7 Å². The molecule has 2 fully saturated rings. The zero-order valence-electron chi connectivity index (χ0n) is 47.8. The van der Waals surface area contributed by atoms with Crippen molar-refractivity contribution in [3.8, 4) is 12.1 Å². The number of aliphatic hydroxyl groups is 2. The fourth-order valence-corrected chi connectivity index (χ4v) is 9.75. The number of carbonyl (C=O) groups is 1. The van der Waals surface area contributed by atoms with E-state index in [0.717, 1.165) is 46.8 Å². The van der Waals surface area contributed by atoms with Crippen LogP contribution in [0.1, 0.15) is 72.1 Å². The summed E-state index contributed by atoms with van der Waals surface area (Å²) in [7, 11) is -8.43. The van der Waals surface area contributed by atoms with Gasteiger partial charge in [-0.2, -0.15) is 16.9 Å². The van der Waals surface area contributed by atoms with Gasteiger partial charge >= 0.3 is 94.4 Å². The van der Waals surface area contributed by atoms with E-state index in [1.807, 2.05) is 19.1 Å². The number of Topliss-reactive ketones (excluding diaryl/α,β-unsaturated/α-hetero) is 1. The number of allylic oxidation sites excluding steroid dienone is 2. The minimum absolute atomic E-state index is 0. The van der Waals surface area contributed by atoms with Crippen LogP contribution in [-0.4, -0.2) is 91.3 Å². The largest absolute Gasteiger partial charge is 1.00 e. The molecule has 1 aliphatic heterocycles. The topological polar surface area (TPSA) is 250 Å². The van der Waals surface area contributed by atoms with Crippen molar-refractivity contribution in [3.05, 3.63) is 181 Å². The maximum atomic E-state index is 12.4. The first kappa shape index (κ1) is 90.4. The summed E-state index contributed by atoms with van der Waals surface area (Å²) >= 11 is 12.6. The molecule has 2 aliphatic carbocycles. The zero-order valence-corrected chi connectivity index (χ0v) is 64.1. The number of ketones is 1. The molecule has 2 N–H and O–H groups in total. The number of alkyl halides is 1. The third kappa shape index (κ3) is 50.2. The van der Waals surface area contributed by atoms with E-state index in [-0.39, 0.29) is 80.6 Å². The van der Waals surface area contributed by atoms with Gasteiger partial charge in [-0.25, -0.2) is 26.5 Å². The maximum Gasteiger partial charge on any atom is 1.00 e. The van der Waals surface area contributed by atoms with E-state index >= 15 is 0 Å². The molecule has 83 heavy (non-hydrogen) atoms. The molecular formula is C56H74ClI4N4NaO12S3SiV-. The predicted molar refractivity (Wildman–Crippen MR) is 362 cm³/mol. The van der Waals surface area contributed by atoms with Crippen molar-refractivity contribution in [3.63, 3.8) is 0 Å². The SMILES string of the molecule is C=CC(=C)O[Si](C)(C)C.CCC(C)I.N#CC1=CCC2(CC1)OCCO2.N#CC1CCC(=O)CC1S(=O)(=O)c1ccccc1.O=S([O-])c1ccccc1.OCCO.[C-]#[N+]C(=C)Cl.[C-]#[N+]C=CS(=O)(=O)c1ccccc1.[CH2-]CC.[I][V]([I])[I].[Na+]. The van der Waals surface area contributed by atoms with Gasteiger partial charge in [0.25, 0.3) is 0 Å². The van der Waals surface area contributed by atoms with Crippen molar-refractivity contribution < 1.29 is 89.0 Å². The van der Waals surface area contributed by atoms with E-state index in [4.69, 9.17) is 59.4 Å². The van der Waals surface area contributed by atoms with Crippen LogP contribution < -0.4 is 29.6 Å². The molecule has 0 radical (unpaired) electrons. The van der Waals surface area contributed by atoms with Crippen molar-refractivity contribution >= 4 is 139 Å². The molecule has 0 amide bonds. The van der Waals surface area contributed by atoms with E-state index in [9.17, 15) is 30.4 Å². The number of hydrogen-bond donors (Lipinski definition) is 2. The van der Waals surface area contributed by atoms with Crippen LogP contribution in [0.3, 0.4) is 0 Å². The molecule has 1 spiro atoms. The first-order chi connectivity index (χ1) is 38.4. The molecule has 1 saturated heterocycles. The number of halogens is 5. The van der Waals surface area contributed by atoms with Crippen LogP contribution in [-0.2, 0) is 54.4 Å². The van der Waals surface area contributed by atoms with Gasteiger partial charge in [0.05, 0.1) is 78.4 Å². The average Bonchev–Trinajstić information content (AvgIpc) is 4.07. The van der Waals surface area contributed by atoms with Gasteiger partial charge in [-0.3, -0.25) is 9.00 Å². The second kappa shape index (κ2) is 54.8. The second-order valence-corrected chi connectivity index (χ2v) is 64.4. The van der Waals surface area contributed by atoms with Crippen LogP contribution in [0.25, 0.3) is 9.69 Å². The van der Waals surface area contributed by atoms with Crippen molar-refractivity contribution in [2.24, 2.45) is 5.92 Å². The van der Waals surface area contributed by atoms with Gasteiger partial charge in [0.15, 0.2) is 31.7 Å². The summed E-state index contributed by atoms with van der Waals surface area (Å²) in [6, 6.07) is 28.4. The van der Waals surface area contributed by atoms with Gasteiger partial charge < -0.3 is 35.6 Å². The molecule has 27 heteroatoms. The van der Waals surface area contributed by atoms with Crippen molar-refractivity contribution in [1.82, 2.24) is 0 Å². The van der Waals surface area contributed by atoms with Crippen LogP contribution in [0, 0.1) is 48.6 Å². The Balaban J connectivity index is -0.000000285. The monoisotopic (exact) mass is 1730 g/mol. The van der Waals surface area contributed by atoms with Gasteiger partial charge in [-0.1, -0.05) is 124 Å². The molecule has 1 heterocycles. The standard InChI is InChI=1S/C13H13NO3S.C9H7NO2S.C9H11NO2.C7H14OSi.C6H6O2S.C4H9I.C3H2ClN.C3H7.C2H6O2.3HI.Na.V/c14-9-10-6-7-11(15)8-13(10)18(16,17)12-4-2-1-3-5-12;1-10-7-8-13(11,12)9-5-3-2-4-6-9;10-7-8-1-3-9(4-2-8)11-5-6-12-9;1-6-7(2)8-9(3,4)5;7-9(8)6-4-2-1-3-5-6;1-3-4(2)5;1-3(4)5-2;1-3-2;3-1-2-4;;;;;/h1-5,10,13H,6-8H2;2-8H;1H,2-6H2;6H,1-2H2,3-5H3;1-5H,(H,7,8);4H,3H2,1-2H3;1H2;1,3H2,2H3;3-4H,1-2H2;3*1H;;/q;;;;;;;-1;;;;;+1;+3/p-4. The first-order valence-electron chi connectivity index (χ1n) is 24.6. The molecule has 4 atom stereocenters. The van der Waals surface area contributed by atoms with Gasteiger partial charge in [0.1, 0.15) is 5.78 Å². The smallest absolute Gasteiger partial charge is 1.00 e. The minimum Gasteiger partial charge on any atom is 1.00 e. The molecule has 1 saturated carbocycles. The van der Waals surface area contributed by atoms with Gasteiger partial charge in [-0.15, -0.1) is 11.6 Å². The molecule has 0 aromatic heterocycles. The number of aliphatic hydroxyl groups excluding tert-OH is 2. The molecule has 6 rings (SSSR count). The maximum absolute atomic E-state index is 12.4. The Labute approximate surface area is 577 Å². The Morgan fingerprint density at radius 3 is 1.70 bits per heavy atom. The average molecular weight is 1740 g/mol. The Morgan fingerprint density at radius 2 is 1.40 bits per heavy atom. The molecule has 454 valence electrons. The van der Waals surface area contributed by atoms with Gasteiger partial charge in [-0.05, 0) is 92.5 Å². The molecule has 3 aromatic carbocycles. The van der Waals surface area contributed by atoms with Crippen LogP contribution in [0.4, 0.5) is 0 Å². The number of hydrogen-bond acceptors (Lipinski definition) is 14. The minimum atomic E-state index is -3.60. The number of nitriles is 2. The number of rotatable bonds is 10. The summed E-state index contributed by atoms with van der Waals surface area (Å²) in [5.74, 6) is -0.353. The van der Waals surface area contributed by atoms with E-state index in [2.05, 4.69) is 158 Å². The van der Waals surface area contributed by atoms with Gasteiger partial charge in [0, 0.05) is 45.5 Å². The van der Waals surface area contributed by atoms with Crippen LogP contribution in [0.5, 0.6) is 0 Å². The van der Waals surface area contributed by atoms with Crippen molar-refractivity contribution in [2.75, 3.05) is 26.4 Å². The first-order valence-corrected chi connectivity index (χ1v) is 47.3.